The Balaban J connectivity index is 2.19. The summed E-state index contributed by atoms with van der Waals surface area (Å²) in [5.41, 5.74) is 2.06. The SMILES string of the molecule is CC[C@H](C(=O)NC)N(Cc1ccc(C)cc1)C(=O)COc1ccc(Cl)cc1Cl. The van der Waals surface area contributed by atoms with Crippen molar-refractivity contribution in [3.8, 4) is 5.75 Å². The van der Waals surface area contributed by atoms with Gasteiger partial charge in [0, 0.05) is 18.6 Å². The number of rotatable bonds is 8. The molecule has 0 unspecified atom stereocenters. The van der Waals surface area contributed by atoms with E-state index in [0.29, 0.717) is 28.8 Å². The Bertz CT molecular complexity index is 825. The second-order valence-corrected chi connectivity index (χ2v) is 7.25. The summed E-state index contributed by atoms with van der Waals surface area (Å²) in [5, 5.41) is 3.43. The normalized spacial score (nSPS) is 11.6. The van der Waals surface area contributed by atoms with Crippen LogP contribution in [0.2, 0.25) is 10.0 Å². The summed E-state index contributed by atoms with van der Waals surface area (Å²) in [7, 11) is 1.56. The molecule has 2 aromatic carbocycles. The molecule has 7 heteroatoms. The van der Waals surface area contributed by atoms with Gasteiger partial charge in [-0.1, -0.05) is 60.0 Å². The van der Waals surface area contributed by atoms with Crippen LogP contribution >= 0.6 is 23.2 Å². The lowest BCUT2D eigenvalue weighted by molar-refractivity contribution is -0.142. The van der Waals surface area contributed by atoms with Crippen LogP contribution in [0.15, 0.2) is 42.5 Å². The minimum absolute atomic E-state index is 0.215. The second-order valence-electron chi connectivity index (χ2n) is 6.41. The average Bonchev–Trinajstić information content (AvgIpc) is 2.68. The number of hydrogen-bond acceptors (Lipinski definition) is 3. The molecule has 0 saturated carbocycles. The van der Waals surface area contributed by atoms with Crippen LogP contribution in [0.4, 0.5) is 0 Å². The van der Waals surface area contributed by atoms with E-state index < -0.39 is 6.04 Å². The molecular weight excluding hydrogens is 399 g/mol. The van der Waals surface area contributed by atoms with Crippen molar-refractivity contribution in [2.45, 2.75) is 32.9 Å². The summed E-state index contributed by atoms with van der Waals surface area (Å²) in [6, 6.07) is 12.0. The van der Waals surface area contributed by atoms with E-state index in [1.165, 1.54) is 4.90 Å². The van der Waals surface area contributed by atoms with E-state index in [9.17, 15) is 9.59 Å². The van der Waals surface area contributed by atoms with E-state index in [2.05, 4.69) is 5.32 Å². The van der Waals surface area contributed by atoms with Crippen molar-refractivity contribution < 1.29 is 14.3 Å². The molecule has 0 spiro atoms. The topological polar surface area (TPSA) is 58.6 Å². The van der Waals surface area contributed by atoms with Crippen molar-refractivity contribution in [2.75, 3.05) is 13.7 Å². The summed E-state index contributed by atoms with van der Waals surface area (Å²) in [4.78, 5) is 26.8. The van der Waals surface area contributed by atoms with Crippen LogP contribution in [0.25, 0.3) is 0 Å². The molecule has 28 heavy (non-hydrogen) atoms. The van der Waals surface area contributed by atoms with Gasteiger partial charge >= 0.3 is 0 Å². The summed E-state index contributed by atoms with van der Waals surface area (Å²) >= 11 is 12.0. The predicted octanol–water partition coefficient (Wildman–Crippen LogP) is 4.23. The van der Waals surface area contributed by atoms with Gasteiger partial charge in [-0.25, -0.2) is 0 Å². The molecule has 0 aliphatic carbocycles. The number of carbonyl (C=O) groups is 2. The van der Waals surface area contributed by atoms with Gasteiger partial charge in [-0.3, -0.25) is 9.59 Å². The summed E-state index contributed by atoms with van der Waals surface area (Å²) in [5.74, 6) is -0.155. The van der Waals surface area contributed by atoms with E-state index in [0.717, 1.165) is 11.1 Å². The molecule has 0 aliphatic heterocycles. The fraction of sp³-hybridized carbons (Fsp3) is 0.333. The van der Waals surface area contributed by atoms with Crippen molar-refractivity contribution in [1.82, 2.24) is 10.2 Å². The summed E-state index contributed by atoms with van der Waals surface area (Å²) in [6.45, 7) is 3.94. The Morgan fingerprint density at radius 3 is 2.39 bits per heavy atom. The number of likely N-dealkylation sites (N-methyl/N-ethyl adjacent to an activating group) is 1. The van der Waals surface area contributed by atoms with Gasteiger partial charge in [0.15, 0.2) is 6.61 Å². The first-order chi connectivity index (χ1) is 13.3. The molecule has 0 aliphatic rings. The standard InChI is InChI=1S/C21H24Cl2N2O3/c1-4-18(21(27)24-3)25(12-15-7-5-14(2)6-8-15)20(26)13-28-19-10-9-16(22)11-17(19)23/h5-11,18H,4,12-13H2,1-3H3,(H,24,27)/t18-/m1/s1. The molecule has 2 rings (SSSR count). The van der Waals surface area contributed by atoms with E-state index in [-0.39, 0.29) is 18.4 Å². The second kappa shape index (κ2) is 10.3. The lowest BCUT2D eigenvalue weighted by Gasteiger charge is -2.30. The Morgan fingerprint density at radius 1 is 1.14 bits per heavy atom. The number of nitrogens with one attached hydrogen (secondary N) is 1. The summed E-state index contributed by atoms with van der Waals surface area (Å²) < 4.78 is 5.59. The Labute approximate surface area is 175 Å². The van der Waals surface area contributed by atoms with Crippen molar-refractivity contribution >= 4 is 35.0 Å². The van der Waals surface area contributed by atoms with Crippen molar-refractivity contribution in [3.63, 3.8) is 0 Å². The first kappa shape index (κ1) is 22.1. The smallest absolute Gasteiger partial charge is 0.261 e. The number of nitrogens with zero attached hydrogens (tertiary/aromatic N) is 1. The van der Waals surface area contributed by atoms with Gasteiger partial charge in [-0.15, -0.1) is 0 Å². The fourth-order valence-corrected chi connectivity index (χ4v) is 3.25. The van der Waals surface area contributed by atoms with Crippen LogP contribution in [0.5, 0.6) is 5.75 Å². The highest BCUT2D eigenvalue weighted by Gasteiger charge is 2.28. The molecule has 1 N–H and O–H groups in total. The van der Waals surface area contributed by atoms with Crippen molar-refractivity contribution in [2.24, 2.45) is 0 Å². The van der Waals surface area contributed by atoms with Gasteiger partial charge in [0.1, 0.15) is 11.8 Å². The maximum absolute atomic E-state index is 12.9. The molecule has 5 nitrogen and oxygen atoms in total. The van der Waals surface area contributed by atoms with Gasteiger partial charge in [-0.05, 0) is 37.1 Å². The molecule has 0 radical (unpaired) electrons. The third kappa shape index (κ3) is 5.88. The first-order valence-electron chi connectivity index (χ1n) is 9.00. The van der Waals surface area contributed by atoms with Gasteiger partial charge in [0.05, 0.1) is 5.02 Å². The third-order valence-corrected chi connectivity index (χ3v) is 4.88. The molecule has 2 amide bonds. The predicted molar refractivity (Wildman–Crippen MR) is 112 cm³/mol. The molecule has 2 aromatic rings. The number of amides is 2. The molecule has 0 aromatic heterocycles. The van der Waals surface area contributed by atoms with Crippen LogP contribution in [0.3, 0.4) is 0 Å². The molecule has 0 fully saturated rings. The highest BCUT2D eigenvalue weighted by molar-refractivity contribution is 6.35. The van der Waals surface area contributed by atoms with Crippen LogP contribution in [-0.2, 0) is 16.1 Å². The largest absolute Gasteiger partial charge is 0.482 e. The van der Waals surface area contributed by atoms with Crippen LogP contribution in [0, 0.1) is 6.92 Å². The van der Waals surface area contributed by atoms with Gasteiger partial charge in [0.25, 0.3) is 5.91 Å². The van der Waals surface area contributed by atoms with Gasteiger partial charge < -0.3 is 15.0 Å². The highest BCUT2D eigenvalue weighted by Crippen LogP contribution is 2.27. The number of ether oxygens (including phenoxy) is 1. The van der Waals surface area contributed by atoms with E-state index in [1.807, 2.05) is 38.1 Å². The van der Waals surface area contributed by atoms with Crippen LogP contribution < -0.4 is 10.1 Å². The molecule has 0 bridgehead atoms. The van der Waals surface area contributed by atoms with Crippen LogP contribution in [-0.4, -0.2) is 36.4 Å². The fourth-order valence-electron chi connectivity index (χ4n) is 2.79. The monoisotopic (exact) mass is 422 g/mol. The average molecular weight is 423 g/mol. The quantitative estimate of drug-likeness (QED) is 0.691. The molecule has 0 heterocycles. The Morgan fingerprint density at radius 2 is 1.82 bits per heavy atom. The lowest BCUT2D eigenvalue weighted by atomic mass is 10.1. The Hall–Kier alpha value is -2.24. The number of benzene rings is 2. The zero-order valence-corrected chi connectivity index (χ0v) is 17.7. The van der Waals surface area contributed by atoms with Crippen molar-refractivity contribution in [3.05, 3.63) is 63.6 Å². The lowest BCUT2D eigenvalue weighted by Crippen LogP contribution is -2.49. The zero-order chi connectivity index (χ0) is 20.7. The minimum Gasteiger partial charge on any atom is -0.482 e. The maximum atomic E-state index is 12.9. The van der Waals surface area contributed by atoms with E-state index >= 15 is 0 Å². The van der Waals surface area contributed by atoms with E-state index in [4.69, 9.17) is 27.9 Å². The number of halogens is 2. The molecule has 150 valence electrons. The maximum Gasteiger partial charge on any atom is 0.261 e. The summed E-state index contributed by atoms with van der Waals surface area (Å²) in [6.07, 6.45) is 0.485. The minimum atomic E-state index is -0.594. The zero-order valence-electron chi connectivity index (χ0n) is 16.2. The molecule has 1 atom stereocenters. The number of aryl methyl sites for hydroxylation is 1. The number of carbonyl (C=O) groups excluding carboxylic acids is 2. The molecular formula is C21H24Cl2N2O3. The van der Waals surface area contributed by atoms with E-state index in [1.54, 1.807) is 25.2 Å². The van der Waals surface area contributed by atoms with Gasteiger partial charge in [-0.2, -0.15) is 0 Å². The van der Waals surface area contributed by atoms with Crippen molar-refractivity contribution in [1.29, 1.82) is 0 Å². The van der Waals surface area contributed by atoms with Gasteiger partial charge in [0.2, 0.25) is 5.91 Å². The Kier molecular flexibility index (Phi) is 8.15. The number of hydrogen-bond donors (Lipinski definition) is 1. The highest BCUT2D eigenvalue weighted by atomic mass is 35.5. The first-order valence-corrected chi connectivity index (χ1v) is 9.75. The van der Waals surface area contributed by atoms with Crippen LogP contribution in [0.1, 0.15) is 24.5 Å². The third-order valence-electron chi connectivity index (χ3n) is 4.35. The molecule has 0 saturated heterocycles.